The molecular formula is C21H20N4O3S. The number of hydrogen-bond acceptors (Lipinski definition) is 7. The van der Waals surface area contributed by atoms with Gasteiger partial charge in [0.05, 0.1) is 38.4 Å². The molecule has 2 aromatic carbocycles. The monoisotopic (exact) mass is 408 g/mol. The topological polar surface area (TPSA) is 71.3 Å². The van der Waals surface area contributed by atoms with Crippen molar-refractivity contribution in [3.8, 4) is 44.9 Å². The van der Waals surface area contributed by atoms with Crippen molar-refractivity contribution in [3.63, 3.8) is 0 Å². The molecule has 0 N–H and O–H groups in total. The maximum atomic E-state index is 5.39. The Balaban J connectivity index is 1.66. The van der Waals surface area contributed by atoms with Crippen LogP contribution in [-0.2, 0) is 0 Å². The van der Waals surface area contributed by atoms with E-state index in [1.165, 1.54) is 0 Å². The third kappa shape index (κ3) is 3.54. The van der Waals surface area contributed by atoms with E-state index in [0.29, 0.717) is 11.5 Å². The molecule has 0 saturated carbocycles. The lowest BCUT2D eigenvalue weighted by Crippen LogP contribution is -2.00. The smallest absolute Gasteiger partial charge is 0.162 e. The Morgan fingerprint density at radius 1 is 0.897 bits per heavy atom. The van der Waals surface area contributed by atoms with Gasteiger partial charge in [0.2, 0.25) is 0 Å². The van der Waals surface area contributed by atoms with E-state index in [0.717, 1.165) is 39.1 Å². The summed E-state index contributed by atoms with van der Waals surface area (Å²) in [5, 5.41) is 11.5. The van der Waals surface area contributed by atoms with Gasteiger partial charge in [0.25, 0.3) is 0 Å². The maximum absolute atomic E-state index is 5.39. The van der Waals surface area contributed by atoms with E-state index >= 15 is 0 Å². The Morgan fingerprint density at radius 3 is 2.34 bits per heavy atom. The number of rotatable bonds is 6. The van der Waals surface area contributed by atoms with Crippen LogP contribution in [0.2, 0.25) is 0 Å². The minimum absolute atomic E-state index is 0.637. The van der Waals surface area contributed by atoms with E-state index in [4.69, 9.17) is 19.2 Å². The molecule has 0 saturated heterocycles. The zero-order valence-corrected chi connectivity index (χ0v) is 17.4. The molecule has 148 valence electrons. The van der Waals surface area contributed by atoms with Crippen molar-refractivity contribution in [1.29, 1.82) is 0 Å². The van der Waals surface area contributed by atoms with Gasteiger partial charge in [-0.05, 0) is 43.3 Å². The summed E-state index contributed by atoms with van der Waals surface area (Å²) in [6, 6.07) is 13.5. The van der Waals surface area contributed by atoms with E-state index in [9.17, 15) is 0 Å². The molecule has 0 aliphatic heterocycles. The lowest BCUT2D eigenvalue weighted by atomic mass is 10.2. The molecule has 0 amide bonds. The van der Waals surface area contributed by atoms with Crippen LogP contribution >= 0.6 is 11.3 Å². The van der Waals surface area contributed by atoms with E-state index in [1.807, 2.05) is 54.8 Å². The summed E-state index contributed by atoms with van der Waals surface area (Å²) in [4.78, 5) is 4.75. The van der Waals surface area contributed by atoms with Crippen molar-refractivity contribution in [2.24, 2.45) is 0 Å². The zero-order valence-electron chi connectivity index (χ0n) is 16.5. The highest BCUT2D eigenvalue weighted by molar-refractivity contribution is 7.13. The first-order chi connectivity index (χ1) is 14.1. The Kier molecular flexibility index (Phi) is 5.18. The number of aromatic nitrogens is 4. The van der Waals surface area contributed by atoms with Crippen molar-refractivity contribution in [2.45, 2.75) is 6.92 Å². The molecule has 2 aromatic heterocycles. The minimum Gasteiger partial charge on any atom is -0.497 e. The van der Waals surface area contributed by atoms with Gasteiger partial charge in [0.1, 0.15) is 16.5 Å². The summed E-state index contributed by atoms with van der Waals surface area (Å²) in [7, 11) is 4.87. The standard InChI is InChI=1S/C21H20N4O3S/c1-13-20(21-22-17(12-29-21)14-5-8-16(26-2)9-6-14)23-24-25(13)15-7-10-18(27-3)19(11-15)28-4/h5-12H,1-4H3. The van der Waals surface area contributed by atoms with Crippen LogP contribution in [-0.4, -0.2) is 41.3 Å². The van der Waals surface area contributed by atoms with E-state index in [-0.39, 0.29) is 0 Å². The number of ether oxygens (including phenoxy) is 3. The molecule has 2 heterocycles. The van der Waals surface area contributed by atoms with Crippen LogP contribution in [0.1, 0.15) is 5.69 Å². The van der Waals surface area contributed by atoms with Crippen LogP contribution in [0.4, 0.5) is 0 Å². The molecular weight excluding hydrogens is 388 g/mol. The lowest BCUT2D eigenvalue weighted by molar-refractivity contribution is 0.354. The highest BCUT2D eigenvalue weighted by Gasteiger charge is 2.17. The number of benzene rings is 2. The Labute approximate surface area is 172 Å². The zero-order chi connectivity index (χ0) is 20.4. The van der Waals surface area contributed by atoms with Gasteiger partial charge >= 0.3 is 0 Å². The lowest BCUT2D eigenvalue weighted by Gasteiger charge is -2.10. The molecule has 0 spiro atoms. The molecule has 29 heavy (non-hydrogen) atoms. The van der Waals surface area contributed by atoms with Crippen LogP contribution < -0.4 is 14.2 Å². The number of methoxy groups -OCH3 is 3. The molecule has 0 aliphatic carbocycles. The van der Waals surface area contributed by atoms with Crippen molar-refractivity contribution in [2.75, 3.05) is 21.3 Å². The molecule has 0 radical (unpaired) electrons. The fourth-order valence-electron chi connectivity index (χ4n) is 3.01. The molecule has 4 aromatic rings. The second kappa shape index (κ2) is 7.92. The predicted molar refractivity (Wildman–Crippen MR) is 112 cm³/mol. The van der Waals surface area contributed by atoms with Gasteiger partial charge in [0, 0.05) is 17.0 Å². The summed E-state index contributed by atoms with van der Waals surface area (Å²) in [5.74, 6) is 2.12. The first-order valence-electron chi connectivity index (χ1n) is 8.89. The summed E-state index contributed by atoms with van der Waals surface area (Å²) < 4.78 is 17.7. The summed E-state index contributed by atoms with van der Waals surface area (Å²) in [5.41, 5.74) is 4.41. The number of nitrogens with zero attached hydrogens (tertiary/aromatic N) is 4. The minimum atomic E-state index is 0.637. The second-order valence-electron chi connectivity index (χ2n) is 6.24. The molecule has 0 bridgehead atoms. The highest BCUT2D eigenvalue weighted by atomic mass is 32.1. The van der Waals surface area contributed by atoms with Crippen molar-refractivity contribution < 1.29 is 14.2 Å². The quantitative estimate of drug-likeness (QED) is 0.471. The van der Waals surface area contributed by atoms with Gasteiger partial charge < -0.3 is 14.2 Å². The molecule has 0 aliphatic rings. The highest BCUT2D eigenvalue weighted by Crippen LogP contribution is 2.33. The molecule has 7 nitrogen and oxygen atoms in total. The van der Waals surface area contributed by atoms with Crippen molar-refractivity contribution >= 4 is 11.3 Å². The SMILES string of the molecule is COc1ccc(-c2csc(-c3nnn(-c4ccc(OC)c(OC)c4)c3C)n2)cc1. The summed E-state index contributed by atoms with van der Waals surface area (Å²) in [6.45, 7) is 1.97. The van der Waals surface area contributed by atoms with E-state index in [2.05, 4.69) is 10.3 Å². The molecule has 0 atom stereocenters. The normalized spacial score (nSPS) is 10.8. The van der Waals surface area contributed by atoms with Crippen LogP contribution in [0, 0.1) is 6.92 Å². The number of thiazole rings is 1. The first kappa shape index (κ1) is 18.9. The summed E-state index contributed by atoms with van der Waals surface area (Å²) in [6.07, 6.45) is 0. The Hall–Kier alpha value is -3.39. The predicted octanol–water partition coefficient (Wildman–Crippen LogP) is 4.39. The van der Waals surface area contributed by atoms with Crippen LogP contribution in [0.15, 0.2) is 47.8 Å². The number of hydrogen-bond donors (Lipinski definition) is 0. The molecule has 4 rings (SSSR count). The van der Waals surface area contributed by atoms with Gasteiger partial charge in [-0.1, -0.05) is 5.21 Å². The van der Waals surface area contributed by atoms with Crippen LogP contribution in [0.3, 0.4) is 0 Å². The Morgan fingerprint density at radius 2 is 1.66 bits per heavy atom. The van der Waals surface area contributed by atoms with Gasteiger partial charge in [0.15, 0.2) is 11.5 Å². The molecule has 0 fully saturated rings. The average molecular weight is 408 g/mol. The van der Waals surface area contributed by atoms with Gasteiger partial charge in [-0.25, -0.2) is 9.67 Å². The largest absolute Gasteiger partial charge is 0.497 e. The Bertz CT molecular complexity index is 1140. The third-order valence-electron chi connectivity index (χ3n) is 4.60. The first-order valence-corrected chi connectivity index (χ1v) is 9.77. The van der Waals surface area contributed by atoms with Crippen LogP contribution in [0.5, 0.6) is 17.2 Å². The van der Waals surface area contributed by atoms with Gasteiger partial charge in [-0.3, -0.25) is 0 Å². The van der Waals surface area contributed by atoms with Crippen molar-refractivity contribution in [3.05, 3.63) is 53.5 Å². The average Bonchev–Trinajstić information content (AvgIpc) is 3.40. The van der Waals surface area contributed by atoms with E-state index < -0.39 is 0 Å². The third-order valence-corrected chi connectivity index (χ3v) is 5.45. The second-order valence-corrected chi connectivity index (χ2v) is 7.10. The molecule has 0 unspecified atom stereocenters. The fourth-order valence-corrected chi connectivity index (χ4v) is 3.87. The van der Waals surface area contributed by atoms with Crippen LogP contribution in [0.25, 0.3) is 27.6 Å². The fraction of sp³-hybridized carbons (Fsp3) is 0.190. The van der Waals surface area contributed by atoms with Gasteiger partial charge in [-0.15, -0.1) is 16.4 Å². The van der Waals surface area contributed by atoms with Crippen molar-refractivity contribution in [1.82, 2.24) is 20.0 Å². The maximum Gasteiger partial charge on any atom is 0.162 e. The molecule has 8 heteroatoms. The van der Waals surface area contributed by atoms with Gasteiger partial charge in [-0.2, -0.15) is 0 Å². The van der Waals surface area contributed by atoms with E-state index in [1.54, 1.807) is 37.3 Å². The summed E-state index contributed by atoms with van der Waals surface area (Å²) >= 11 is 1.54.